The van der Waals surface area contributed by atoms with Crippen LogP contribution in [0.15, 0.2) is 42.6 Å². The van der Waals surface area contributed by atoms with E-state index in [0.717, 1.165) is 23.5 Å². The number of pyridine rings is 1. The third kappa shape index (κ3) is 2.63. The van der Waals surface area contributed by atoms with Crippen LogP contribution >= 0.6 is 0 Å². The normalized spacial score (nSPS) is 10.2. The first-order chi connectivity index (χ1) is 8.35. The van der Waals surface area contributed by atoms with Gasteiger partial charge in [-0.2, -0.15) is 0 Å². The fourth-order valence-electron chi connectivity index (χ4n) is 1.76. The van der Waals surface area contributed by atoms with Crippen LogP contribution in [0.4, 0.5) is 11.5 Å². The molecule has 2 aromatic rings. The molecule has 1 aromatic carbocycles. The Kier molecular flexibility index (Phi) is 3.73. The summed E-state index contributed by atoms with van der Waals surface area (Å²) in [7, 11) is 0. The van der Waals surface area contributed by atoms with E-state index in [1.807, 2.05) is 30.3 Å². The first-order valence-corrected chi connectivity index (χ1v) is 5.74. The molecule has 0 radical (unpaired) electrons. The van der Waals surface area contributed by atoms with Gasteiger partial charge in [0, 0.05) is 17.4 Å². The van der Waals surface area contributed by atoms with E-state index in [-0.39, 0.29) is 6.61 Å². The lowest BCUT2D eigenvalue weighted by Gasteiger charge is -2.12. The molecule has 0 unspecified atom stereocenters. The molecule has 0 aliphatic rings. The second-order valence-electron chi connectivity index (χ2n) is 3.80. The fraction of sp³-hybridized carbons (Fsp3) is 0.214. The van der Waals surface area contributed by atoms with E-state index in [4.69, 9.17) is 0 Å². The van der Waals surface area contributed by atoms with Crippen LogP contribution in [-0.4, -0.2) is 10.1 Å². The van der Waals surface area contributed by atoms with Crippen molar-refractivity contribution >= 4 is 11.5 Å². The molecular formula is C14H16N2O. The lowest BCUT2D eigenvalue weighted by molar-refractivity contribution is 0.282. The van der Waals surface area contributed by atoms with Crippen molar-refractivity contribution in [2.45, 2.75) is 20.0 Å². The molecule has 0 spiro atoms. The molecule has 1 aromatic heterocycles. The monoisotopic (exact) mass is 228 g/mol. The standard InChI is InChI=1S/C14H16N2O/c1-2-11-6-3-4-8-13(11)16-14-12(10-17)7-5-9-15-14/h3-9,17H,2,10H2,1H3,(H,15,16). The maximum Gasteiger partial charge on any atom is 0.135 e. The Labute approximate surface area is 101 Å². The van der Waals surface area contributed by atoms with E-state index in [9.17, 15) is 5.11 Å². The molecule has 0 aliphatic carbocycles. The van der Waals surface area contributed by atoms with Crippen molar-refractivity contribution in [2.24, 2.45) is 0 Å². The highest BCUT2D eigenvalue weighted by molar-refractivity contribution is 5.62. The molecule has 0 saturated heterocycles. The molecule has 0 bridgehead atoms. The molecule has 17 heavy (non-hydrogen) atoms. The Hall–Kier alpha value is -1.87. The Morgan fingerprint density at radius 1 is 1.12 bits per heavy atom. The number of aryl methyl sites for hydroxylation is 1. The minimum atomic E-state index is -0.00946. The van der Waals surface area contributed by atoms with E-state index in [2.05, 4.69) is 23.3 Å². The zero-order chi connectivity index (χ0) is 12.1. The summed E-state index contributed by atoms with van der Waals surface area (Å²) in [5.41, 5.74) is 3.09. The summed E-state index contributed by atoms with van der Waals surface area (Å²) < 4.78 is 0. The first-order valence-electron chi connectivity index (χ1n) is 5.74. The van der Waals surface area contributed by atoms with Gasteiger partial charge in [-0.1, -0.05) is 31.2 Å². The fourth-order valence-corrected chi connectivity index (χ4v) is 1.76. The van der Waals surface area contributed by atoms with E-state index in [0.29, 0.717) is 0 Å². The van der Waals surface area contributed by atoms with Gasteiger partial charge in [0.1, 0.15) is 5.82 Å². The van der Waals surface area contributed by atoms with Crippen LogP contribution in [-0.2, 0) is 13.0 Å². The van der Waals surface area contributed by atoms with Crippen LogP contribution in [0.25, 0.3) is 0 Å². The molecule has 0 aliphatic heterocycles. The van der Waals surface area contributed by atoms with E-state index in [1.165, 1.54) is 5.56 Å². The lowest BCUT2D eigenvalue weighted by Crippen LogP contribution is -2.00. The van der Waals surface area contributed by atoms with Crippen molar-refractivity contribution < 1.29 is 5.11 Å². The Balaban J connectivity index is 2.31. The molecule has 3 heteroatoms. The quantitative estimate of drug-likeness (QED) is 0.845. The third-order valence-electron chi connectivity index (χ3n) is 2.71. The maximum absolute atomic E-state index is 9.24. The van der Waals surface area contributed by atoms with Gasteiger partial charge in [-0.05, 0) is 24.1 Å². The average molecular weight is 228 g/mol. The number of para-hydroxylation sites is 1. The smallest absolute Gasteiger partial charge is 0.135 e. The highest BCUT2D eigenvalue weighted by atomic mass is 16.3. The van der Waals surface area contributed by atoms with Gasteiger partial charge in [0.2, 0.25) is 0 Å². The van der Waals surface area contributed by atoms with Gasteiger partial charge in [-0.15, -0.1) is 0 Å². The second-order valence-corrected chi connectivity index (χ2v) is 3.80. The summed E-state index contributed by atoms with van der Waals surface area (Å²) in [6.07, 6.45) is 2.68. The van der Waals surface area contributed by atoms with Crippen molar-refractivity contribution in [1.82, 2.24) is 4.98 Å². The summed E-state index contributed by atoms with van der Waals surface area (Å²) in [5.74, 6) is 0.718. The predicted molar refractivity (Wildman–Crippen MR) is 69.3 cm³/mol. The molecule has 88 valence electrons. The highest BCUT2D eigenvalue weighted by Crippen LogP contribution is 2.22. The average Bonchev–Trinajstić information content (AvgIpc) is 2.40. The molecule has 1 heterocycles. The largest absolute Gasteiger partial charge is 0.392 e. The van der Waals surface area contributed by atoms with Gasteiger partial charge < -0.3 is 10.4 Å². The van der Waals surface area contributed by atoms with Gasteiger partial charge in [0.25, 0.3) is 0 Å². The summed E-state index contributed by atoms with van der Waals surface area (Å²) >= 11 is 0. The number of aliphatic hydroxyl groups is 1. The summed E-state index contributed by atoms with van der Waals surface area (Å²) in [6.45, 7) is 2.11. The Morgan fingerprint density at radius 2 is 1.88 bits per heavy atom. The number of benzene rings is 1. The number of rotatable bonds is 4. The van der Waals surface area contributed by atoms with Gasteiger partial charge in [-0.3, -0.25) is 0 Å². The van der Waals surface area contributed by atoms with Crippen LogP contribution < -0.4 is 5.32 Å². The minimum Gasteiger partial charge on any atom is -0.392 e. The molecule has 3 nitrogen and oxygen atoms in total. The van der Waals surface area contributed by atoms with Crippen molar-refractivity contribution in [1.29, 1.82) is 0 Å². The van der Waals surface area contributed by atoms with E-state index < -0.39 is 0 Å². The topological polar surface area (TPSA) is 45.2 Å². The van der Waals surface area contributed by atoms with Gasteiger partial charge in [-0.25, -0.2) is 4.98 Å². The van der Waals surface area contributed by atoms with E-state index in [1.54, 1.807) is 6.20 Å². The van der Waals surface area contributed by atoms with Crippen LogP contribution in [0.3, 0.4) is 0 Å². The summed E-state index contributed by atoms with van der Waals surface area (Å²) in [6, 6.07) is 11.8. The van der Waals surface area contributed by atoms with Crippen LogP contribution in [0.2, 0.25) is 0 Å². The number of hydrogen-bond acceptors (Lipinski definition) is 3. The molecule has 0 fully saturated rings. The lowest BCUT2D eigenvalue weighted by atomic mass is 10.1. The highest BCUT2D eigenvalue weighted by Gasteiger charge is 2.04. The number of nitrogens with zero attached hydrogens (tertiary/aromatic N) is 1. The number of aliphatic hydroxyl groups excluding tert-OH is 1. The number of hydrogen-bond donors (Lipinski definition) is 2. The summed E-state index contributed by atoms with van der Waals surface area (Å²) in [4.78, 5) is 4.25. The third-order valence-corrected chi connectivity index (χ3v) is 2.71. The molecule has 2 rings (SSSR count). The van der Waals surface area contributed by atoms with Crippen molar-refractivity contribution in [3.63, 3.8) is 0 Å². The zero-order valence-electron chi connectivity index (χ0n) is 9.85. The molecule has 2 N–H and O–H groups in total. The van der Waals surface area contributed by atoms with Crippen LogP contribution in [0.1, 0.15) is 18.1 Å². The van der Waals surface area contributed by atoms with Crippen molar-refractivity contribution in [3.8, 4) is 0 Å². The van der Waals surface area contributed by atoms with Crippen LogP contribution in [0.5, 0.6) is 0 Å². The Morgan fingerprint density at radius 3 is 2.65 bits per heavy atom. The molecular weight excluding hydrogens is 212 g/mol. The van der Waals surface area contributed by atoms with Crippen molar-refractivity contribution in [2.75, 3.05) is 5.32 Å². The van der Waals surface area contributed by atoms with E-state index >= 15 is 0 Å². The summed E-state index contributed by atoms with van der Waals surface area (Å²) in [5, 5.41) is 12.5. The number of aromatic nitrogens is 1. The SMILES string of the molecule is CCc1ccccc1Nc1ncccc1CO. The van der Waals surface area contributed by atoms with Gasteiger partial charge in [0.05, 0.1) is 6.61 Å². The predicted octanol–water partition coefficient (Wildman–Crippen LogP) is 2.88. The first kappa shape index (κ1) is 11.6. The molecule has 0 atom stereocenters. The van der Waals surface area contributed by atoms with Crippen LogP contribution in [0, 0.1) is 0 Å². The minimum absolute atomic E-state index is 0.00946. The number of nitrogens with one attached hydrogen (secondary N) is 1. The molecule has 0 amide bonds. The molecule has 0 saturated carbocycles. The second kappa shape index (κ2) is 5.46. The maximum atomic E-state index is 9.24. The van der Waals surface area contributed by atoms with Gasteiger partial charge >= 0.3 is 0 Å². The van der Waals surface area contributed by atoms with Crippen molar-refractivity contribution in [3.05, 3.63) is 53.7 Å². The number of anilines is 2. The zero-order valence-corrected chi connectivity index (χ0v) is 9.85. The Bertz CT molecular complexity index is 452. The van der Waals surface area contributed by atoms with Gasteiger partial charge in [0.15, 0.2) is 0 Å².